The van der Waals surface area contributed by atoms with Crippen LogP contribution in [0.3, 0.4) is 0 Å². The molecule has 1 aliphatic carbocycles. The van der Waals surface area contributed by atoms with Crippen molar-refractivity contribution in [3.63, 3.8) is 0 Å². The van der Waals surface area contributed by atoms with Crippen molar-refractivity contribution in [1.29, 1.82) is 0 Å². The maximum Gasteiger partial charge on any atom is 0.253 e. The van der Waals surface area contributed by atoms with Crippen LogP contribution in [-0.2, 0) is 9.53 Å². The first-order valence-electron chi connectivity index (χ1n) is 8.12. The summed E-state index contributed by atoms with van der Waals surface area (Å²) >= 11 is 0. The Bertz CT molecular complexity index is 499. The zero-order valence-electron chi connectivity index (χ0n) is 13.7. The monoisotopic (exact) mass is 306 g/mol. The van der Waals surface area contributed by atoms with Crippen LogP contribution in [0.25, 0.3) is 0 Å². The fourth-order valence-electron chi connectivity index (χ4n) is 2.77. The van der Waals surface area contributed by atoms with Gasteiger partial charge in [0.1, 0.15) is 6.10 Å². The Balaban J connectivity index is 1.96. The van der Waals surface area contributed by atoms with Crippen molar-refractivity contribution in [3.05, 3.63) is 17.8 Å². The highest BCUT2D eigenvalue weighted by atomic mass is 16.5. The average molecular weight is 306 g/mol. The van der Waals surface area contributed by atoms with Gasteiger partial charge in [0.05, 0.1) is 24.6 Å². The molecule has 1 unspecified atom stereocenters. The van der Waals surface area contributed by atoms with Crippen molar-refractivity contribution in [2.75, 3.05) is 12.4 Å². The summed E-state index contributed by atoms with van der Waals surface area (Å²) in [7, 11) is 1.57. The molecule has 5 nitrogen and oxygen atoms in total. The third kappa shape index (κ3) is 4.44. The number of ether oxygens (including phenoxy) is 2. The maximum atomic E-state index is 12.4. The number of nitrogens with zero attached hydrogens (tertiary/aromatic N) is 1. The lowest BCUT2D eigenvalue weighted by atomic mass is 9.97. The summed E-state index contributed by atoms with van der Waals surface area (Å²) < 4.78 is 11.1. The minimum atomic E-state index is -0.399. The first kappa shape index (κ1) is 16.7. The summed E-state index contributed by atoms with van der Waals surface area (Å²) in [5.41, 5.74) is 1.44. The number of methoxy groups -OCH3 is 1. The fourth-order valence-corrected chi connectivity index (χ4v) is 2.77. The molecule has 122 valence electrons. The van der Waals surface area contributed by atoms with Crippen LogP contribution in [0.1, 0.15) is 51.1 Å². The number of amides is 1. The Kier molecular flexibility index (Phi) is 6.19. The van der Waals surface area contributed by atoms with E-state index < -0.39 is 6.10 Å². The van der Waals surface area contributed by atoms with Gasteiger partial charge in [-0.15, -0.1) is 0 Å². The molecule has 22 heavy (non-hydrogen) atoms. The van der Waals surface area contributed by atoms with E-state index in [4.69, 9.17) is 9.47 Å². The number of carbonyl (C=O) groups is 1. The Hall–Kier alpha value is -1.62. The molecule has 0 aliphatic heterocycles. The molecule has 0 saturated heterocycles. The highest BCUT2D eigenvalue weighted by molar-refractivity contribution is 5.94. The lowest BCUT2D eigenvalue weighted by Gasteiger charge is -2.26. The second-order valence-corrected chi connectivity index (χ2v) is 5.77. The van der Waals surface area contributed by atoms with Crippen LogP contribution in [0, 0.1) is 6.92 Å². The van der Waals surface area contributed by atoms with E-state index >= 15 is 0 Å². The molecule has 1 aromatic rings. The largest absolute Gasteiger partial charge is 0.481 e. The third-order valence-electron chi connectivity index (χ3n) is 4.10. The van der Waals surface area contributed by atoms with Gasteiger partial charge in [0.25, 0.3) is 5.91 Å². The van der Waals surface area contributed by atoms with Crippen LogP contribution >= 0.6 is 0 Å². The standard InChI is InChI=1S/C17H26N2O3/c1-4-15(22-13-8-6-5-7-9-13)17(20)19-14-10-11-16(21-3)18-12(14)2/h10-11,13,15H,4-9H2,1-3H3,(H,19,20). The van der Waals surface area contributed by atoms with Crippen molar-refractivity contribution in [3.8, 4) is 5.88 Å². The summed E-state index contributed by atoms with van der Waals surface area (Å²) in [6.07, 6.45) is 6.29. The van der Waals surface area contributed by atoms with Gasteiger partial charge in [-0.1, -0.05) is 26.2 Å². The van der Waals surface area contributed by atoms with Crippen LogP contribution in [0.15, 0.2) is 12.1 Å². The zero-order chi connectivity index (χ0) is 15.9. The maximum absolute atomic E-state index is 12.4. The predicted octanol–water partition coefficient (Wildman–Crippen LogP) is 3.47. The van der Waals surface area contributed by atoms with Gasteiger partial charge in [-0.2, -0.15) is 0 Å². The topological polar surface area (TPSA) is 60.5 Å². The summed E-state index contributed by atoms with van der Waals surface area (Å²) in [5, 5.41) is 2.92. The highest BCUT2D eigenvalue weighted by Crippen LogP contribution is 2.23. The number of aryl methyl sites for hydroxylation is 1. The Morgan fingerprint density at radius 3 is 2.68 bits per heavy atom. The van der Waals surface area contributed by atoms with Crippen molar-refractivity contribution < 1.29 is 14.3 Å². The molecule has 1 amide bonds. The molecule has 2 rings (SSSR count). The summed E-state index contributed by atoms with van der Waals surface area (Å²) in [6.45, 7) is 3.83. The lowest BCUT2D eigenvalue weighted by molar-refractivity contribution is -0.132. The Morgan fingerprint density at radius 1 is 1.36 bits per heavy atom. The van der Waals surface area contributed by atoms with E-state index in [9.17, 15) is 4.79 Å². The van der Waals surface area contributed by atoms with Crippen molar-refractivity contribution in [2.45, 2.75) is 64.6 Å². The summed E-state index contributed by atoms with van der Waals surface area (Å²) in [4.78, 5) is 16.7. The first-order chi connectivity index (χ1) is 10.6. The van der Waals surface area contributed by atoms with Crippen LogP contribution in [0.2, 0.25) is 0 Å². The van der Waals surface area contributed by atoms with Crippen LogP contribution in [-0.4, -0.2) is 30.2 Å². The molecule has 1 heterocycles. The van der Waals surface area contributed by atoms with E-state index in [1.807, 2.05) is 19.9 Å². The minimum Gasteiger partial charge on any atom is -0.481 e. The summed E-state index contributed by atoms with van der Waals surface area (Å²) in [5.74, 6) is 0.448. The highest BCUT2D eigenvalue weighted by Gasteiger charge is 2.23. The molecule has 0 bridgehead atoms. The molecule has 1 fully saturated rings. The van der Waals surface area contributed by atoms with Gasteiger partial charge < -0.3 is 14.8 Å². The molecular weight excluding hydrogens is 280 g/mol. The van der Waals surface area contributed by atoms with E-state index in [1.54, 1.807) is 13.2 Å². The third-order valence-corrected chi connectivity index (χ3v) is 4.10. The number of anilines is 1. The van der Waals surface area contributed by atoms with E-state index in [0.717, 1.165) is 18.5 Å². The molecule has 0 radical (unpaired) electrons. The molecular formula is C17H26N2O3. The molecule has 5 heteroatoms. The van der Waals surface area contributed by atoms with E-state index in [0.29, 0.717) is 18.0 Å². The number of hydrogen-bond acceptors (Lipinski definition) is 4. The number of pyridine rings is 1. The van der Waals surface area contributed by atoms with Crippen molar-refractivity contribution in [2.24, 2.45) is 0 Å². The van der Waals surface area contributed by atoms with Gasteiger partial charge in [-0.05, 0) is 32.3 Å². The van der Waals surface area contributed by atoms with Gasteiger partial charge in [0.15, 0.2) is 0 Å². The minimum absolute atomic E-state index is 0.0943. The van der Waals surface area contributed by atoms with Crippen molar-refractivity contribution >= 4 is 11.6 Å². The molecule has 1 aliphatic rings. The number of aromatic nitrogens is 1. The van der Waals surface area contributed by atoms with Crippen LogP contribution in [0.5, 0.6) is 5.88 Å². The first-order valence-corrected chi connectivity index (χ1v) is 8.12. The Morgan fingerprint density at radius 2 is 2.09 bits per heavy atom. The van der Waals surface area contributed by atoms with Gasteiger partial charge >= 0.3 is 0 Å². The second-order valence-electron chi connectivity index (χ2n) is 5.77. The fraction of sp³-hybridized carbons (Fsp3) is 0.647. The van der Waals surface area contributed by atoms with E-state index in [-0.39, 0.29) is 12.0 Å². The van der Waals surface area contributed by atoms with Crippen LogP contribution in [0.4, 0.5) is 5.69 Å². The molecule has 1 N–H and O–H groups in total. The number of carbonyl (C=O) groups excluding carboxylic acids is 1. The summed E-state index contributed by atoms with van der Waals surface area (Å²) in [6, 6.07) is 3.55. The normalized spacial score (nSPS) is 17.0. The van der Waals surface area contributed by atoms with Crippen LogP contribution < -0.4 is 10.1 Å². The predicted molar refractivity (Wildman–Crippen MR) is 86.2 cm³/mol. The molecule has 0 aromatic carbocycles. The molecule has 1 aromatic heterocycles. The van der Waals surface area contributed by atoms with E-state index in [2.05, 4.69) is 10.3 Å². The number of hydrogen-bond donors (Lipinski definition) is 1. The van der Waals surface area contributed by atoms with Crippen molar-refractivity contribution in [1.82, 2.24) is 4.98 Å². The van der Waals surface area contributed by atoms with Gasteiger partial charge in [-0.3, -0.25) is 4.79 Å². The van der Waals surface area contributed by atoms with Gasteiger partial charge in [-0.25, -0.2) is 4.98 Å². The quantitative estimate of drug-likeness (QED) is 0.874. The number of rotatable bonds is 6. The van der Waals surface area contributed by atoms with E-state index in [1.165, 1.54) is 19.3 Å². The molecule has 1 saturated carbocycles. The van der Waals surface area contributed by atoms with Gasteiger partial charge in [0.2, 0.25) is 5.88 Å². The number of nitrogens with one attached hydrogen (secondary N) is 1. The SMILES string of the molecule is CCC(OC1CCCCC1)C(=O)Nc1ccc(OC)nc1C. The van der Waals surface area contributed by atoms with Gasteiger partial charge in [0, 0.05) is 6.07 Å². The Labute approximate surface area is 132 Å². The smallest absolute Gasteiger partial charge is 0.253 e. The second kappa shape index (κ2) is 8.13. The molecule has 0 spiro atoms. The molecule has 1 atom stereocenters. The lowest BCUT2D eigenvalue weighted by Crippen LogP contribution is -2.34. The average Bonchev–Trinajstić information content (AvgIpc) is 2.55. The zero-order valence-corrected chi connectivity index (χ0v) is 13.7.